The highest BCUT2D eigenvalue weighted by molar-refractivity contribution is 6.10. The number of benzene rings is 3. The summed E-state index contributed by atoms with van der Waals surface area (Å²) in [7, 11) is 3.50. The van der Waals surface area contributed by atoms with Gasteiger partial charge in [0, 0.05) is 73.7 Å². The van der Waals surface area contributed by atoms with E-state index in [2.05, 4.69) is 20.2 Å². The van der Waals surface area contributed by atoms with Crippen LogP contribution in [0.4, 0.5) is 21.7 Å². The lowest BCUT2D eigenvalue weighted by Gasteiger charge is -2.29. The van der Waals surface area contributed by atoms with Crippen molar-refractivity contribution in [2.24, 2.45) is 0 Å². The van der Waals surface area contributed by atoms with E-state index in [1.54, 1.807) is 49.5 Å². The normalized spacial score (nSPS) is 16.8. The van der Waals surface area contributed by atoms with Crippen LogP contribution in [0.15, 0.2) is 66.9 Å². The molecule has 1 aromatic heterocycles. The Morgan fingerprint density at radius 2 is 1.74 bits per heavy atom. The Morgan fingerprint density at radius 1 is 0.953 bits per heavy atom. The van der Waals surface area contributed by atoms with Crippen molar-refractivity contribution in [1.82, 2.24) is 14.9 Å². The van der Waals surface area contributed by atoms with E-state index < -0.39 is 5.82 Å². The van der Waals surface area contributed by atoms with Crippen molar-refractivity contribution in [1.29, 1.82) is 0 Å². The number of halogens is 1. The number of hydrogen-bond donors (Lipinski definition) is 1. The van der Waals surface area contributed by atoms with E-state index in [4.69, 9.17) is 4.74 Å². The number of carbonyl (C=O) groups excluding carboxylic acids is 2. The minimum atomic E-state index is -0.433. The molecule has 2 amide bonds. The molecule has 0 unspecified atom stereocenters. The smallest absolute Gasteiger partial charge is 0.255 e. The van der Waals surface area contributed by atoms with Crippen molar-refractivity contribution in [3.05, 3.63) is 78.2 Å². The van der Waals surface area contributed by atoms with Crippen LogP contribution in [-0.2, 0) is 4.79 Å². The van der Waals surface area contributed by atoms with Gasteiger partial charge in [-0.1, -0.05) is 24.3 Å². The standard InChI is InChI=1S/C33H35FN6O3/c1-38(2)32(42)28-11-8-18-40(28)33-35-15-14-30(37-33)43-29-13-12-27(25-9-4-5-10-26(25)29)36-31(41)22-19-23(34)21-24(20-22)39-16-6-3-7-17-39/h4-5,9-10,12-15,19-21,28H,3,6-8,11,16-18H2,1-2H3,(H,36,41)/t28-/m0/s1. The molecule has 2 aliphatic heterocycles. The van der Waals surface area contributed by atoms with Gasteiger partial charge in [0.15, 0.2) is 0 Å². The van der Waals surface area contributed by atoms with Crippen molar-refractivity contribution >= 4 is 39.9 Å². The van der Waals surface area contributed by atoms with Crippen molar-refractivity contribution in [3.63, 3.8) is 0 Å². The van der Waals surface area contributed by atoms with Crippen LogP contribution in [-0.4, -0.2) is 66.5 Å². The van der Waals surface area contributed by atoms with E-state index in [1.807, 2.05) is 29.2 Å². The highest BCUT2D eigenvalue weighted by Gasteiger charge is 2.33. The van der Waals surface area contributed by atoms with Gasteiger partial charge in [0.25, 0.3) is 5.91 Å². The fourth-order valence-corrected chi connectivity index (χ4v) is 5.90. The maximum atomic E-state index is 14.6. The third-order valence-electron chi connectivity index (χ3n) is 8.07. The molecule has 6 rings (SSSR count). The zero-order chi connectivity index (χ0) is 29.9. The first-order valence-corrected chi connectivity index (χ1v) is 14.7. The van der Waals surface area contributed by atoms with Gasteiger partial charge in [0.05, 0.1) is 0 Å². The molecule has 1 N–H and O–H groups in total. The zero-order valence-electron chi connectivity index (χ0n) is 24.4. The third-order valence-corrected chi connectivity index (χ3v) is 8.07. The molecule has 3 heterocycles. The van der Waals surface area contributed by atoms with Crippen LogP contribution in [0.25, 0.3) is 10.8 Å². The fraction of sp³-hybridized carbons (Fsp3) is 0.333. The first-order valence-electron chi connectivity index (χ1n) is 14.7. The number of piperidine rings is 1. The van der Waals surface area contributed by atoms with Gasteiger partial charge in [-0.25, -0.2) is 9.37 Å². The number of nitrogens with zero attached hydrogens (tertiary/aromatic N) is 5. The maximum Gasteiger partial charge on any atom is 0.255 e. The molecule has 0 spiro atoms. The number of rotatable bonds is 7. The lowest BCUT2D eigenvalue weighted by Crippen LogP contribution is -2.43. The van der Waals surface area contributed by atoms with Gasteiger partial charge >= 0.3 is 0 Å². The summed E-state index contributed by atoms with van der Waals surface area (Å²) in [5.74, 6) is 0.555. The number of anilines is 3. The number of amides is 2. The summed E-state index contributed by atoms with van der Waals surface area (Å²) in [5.41, 5.74) is 1.59. The first kappa shape index (κ1) is 28.4. The van der Waals surface area contributed by atoms with Gasteiger partial charge in [0.1, 0.15) is 17.6 Å². The Labute approximate surface area is 250 Å². The molecule has 2 fully saturated rings. The zero-order valence-corrected chi connectivity index (χ0v) is 24.4. The number of aromatic nitrogens is 2. The van der Waals surface area contributed by atoms with E-state index in [-0.39, 0.29) is 23.4 Å². The van der Waals surface area contributed by atoms with Crippen LogP contribution in [0.1, 0.15) is 42.5 Å². The molecule has 222 valence electrons. The Balaban J connectivity index is 1.24. The van der Waals surface area contributed by atoms with E-state index >= 15 is 0 Å². The van der Waals surface area contributed by atoms with E-state index in [0.717, 1.165) is 55.2 Å². The van der Waals surface area contributed by atoms with Gasteiger partial charge in [-0.2, -0.15) is 4.98 Å². The number of likely N-dealkylation sites (N-methyl/N-ethyl adjacent to an activating group) is 1. The third kappa shape index (κ3) is 6.09. The summed E-state index contributed by atoms with van der Waals surface area (Å²) >= 11 is 0. The second-order valence-corrected chi connectivity index (χ2v) is 11.2. The fourth-order valence-electron chi connectivity index (χ4n) is 5.90. The lowest BCUT2D eigenvalue weighted by atomic mass is 10.1. The summed E-state index contributed by atoms with van der Waals surface area (Å²) in [6, 6.07) is 17.0. The van der Waals surface area contributed by atoms with Crippen LogP contribution in [0.5, 0.6) is 11.6 Å². The van der Waals surface area contributed by atoms with Crippen LogP contribution >= 0.6 is 0 Å². The van der Waals surface area contributed by atoms with Gasteiger partial charge in [-0.3, -0.25) is 9.59 Å². The molecule has 1 atom stereocenters. The Kier molecular flexibility index (Phi) is 8.09. The molecule has 0 aliphatic carbocycles. The van der Waals surface area contributed by atoms with E-state index in [9.17, 15) is 14.0 Å². The topological polar surface area (TPSA) is 90.9 Å². The predicted molar refractivity (Wildman–Crippen MR) is 166 cm³/mol. The molecular formula is C33H35FN6O3. The molecule has 43 heavy (non-hydrogen) atoms. The summed E-state index contributed by atoms with van der Waals surface area (Å²) in [5, 5.41) is 4.52. The van der Waals surface area contributed by atoms with Gasteiger partial charge in [-0.15, -0.1) is 0 Å². The van der Waals surface area contributed by atoms with Crippen molar-refractivity contribution < 1.29 is 18.7 Å². The highest BCUT2D eigenvalue weighted by Crippen LogP contribution is 2.35. The van der Waals surface area contributed by atoms with Crippen molar-refractivity contribution in [3.8, 4) is 11.6 Å². The number of carbonyl (C=O) groups is 2. The quantitative estimate of drug-likeness (QED) is 0.292. The summed E-state index contributed by atoms with van der Waals surface area (Å²) in [6.07, 6.45) is 6.54. The van der Waals surface area contributed by atoms with E-state index in [0.29, 0.717) is 29.8 Å². The SMILES string of the molecule is CN(C)C(=O)[C@@H]1CCCN1c1nccc(Oc2ccc(NC(=O)c3cc(F)cc(N4CCCCC4)c3)c3ccccc23)n1. The summed E-state index contributed by atoms with van der Waals surface area (Å²) in [4.78, 5) is 40.7. The molecule has 0 bridgehead atoms. The van der Waals surface area contributed by atoms with E-state index in [1.165, 1.54) is 18.6 Å². The highest BCUT2D eigenvalue weighted by atomic mass is 19.1. The van der Waals surface area contributed by atoms with Gasteiger partial charge in [-0.05, 0) is 62.4 Å². The van der Waals surface area contributed by atoms with Gasteiger partial charge in [0.2, 0.25) is 17.7 Å². The molecular weight excluding hydrogens is 547 g/mol. The molecule has 3 aromatic carbocycles. The molecule has 2 saturated heterocycles. The lowest BCUT2D eigenvalue weighted by molar-refractivity contribution is -0.129. The number of hydrogen-bond acceptors (Lipinski definition) is 7. The predicted octanol–water partition coefficient (Wildman–Crippen LogP) is 5.86. The second kappa shape index (κ2) is 12.2. The number of nitrogens with one attached hydrogen (secondary N) is 1. The Morgan fingerprint density at radius 3 is 2.53 bits per heavy atom. The molecule has 0 saturated carbocycles. The minimum Gasteiger partial charge on any atom is -0.438 e. The average molecular weight is 583 g/mol. The monoisotopic (exact) mass is 582 g/mol. The molecule has 9 nitrogen and oxygen atoms in total. The van der Waals surface area contributed by atoms with Crippen LogP contribution < -0.4 is 19.9 Å². The largest absolute Gasteiger partial charge is 0.438 e. The van der Waals surface area contributed by atoms with Crippen LogP contribution in [0, 0.1) is 5.82 Å². The molecule has 10 heteroatoms. The maximum absolute atomic E-state index is 14.6. The Hall–Kier alpha value is -4.73. The van der Waals surface area contributed by atoms with Crippen LogP contribution in [0.3, 0.4) is 0 Å². The minimum absolute atomic E-state index is 0.0250. The number of fused-ring (bicyclic) bond motifs is 1. The van der Waals surface area contributed by atoms with Crippen LogP contribution in [0.2, 0.25) is 0 Å². The second-order valence-electron chi connectivity index (χ2n) is 11.2. The number of ether oxygens (including phenoxy) is 1. The van der Waals surface area contributed by atoms with Crippen molar-refractivity contribution in [2.45, 2.75) is 38.1 Å². The molecule has 0 radical (unpaired) electrons. The average Bonchev–Trinajstić information content (AvgIpc) is 3.52. The summed E-state index contributed by atoms with van der Waals surface area (Å²) < 4.78 is 20.8. The Bertz CT molecular complexity index is 1660. The van der Waals surface area contributed by atoms with Crippen molar-refractivity contribution in [2.75, 3.05) is 48.8 Å². The molecule has 2 aliphatic rings. The summed E-state index contributed by atoms with van der Waals surface area (Å²) in [6.45, 7) is 2.41. The molecule has 4 aromatic rings. The van der Waals surface area contributed by atoms with Gasteiger partial charge < -0.3 is 24.8 Å². The first-order chi connectivity index (χ1) is 20.9.